The van der Waals surface area contributed by atoms with Crippen LogP contribution in [-0.2, 0) is 12.6 Å². The molecule has 2 heterocycles. The van der Waals surface area contributed by atoms with E-state index in [0.717, 1.165) is 38.9 Å². The van der Waals surface area contributed by atoms with Crippen molar-refractivity contribution in [3.05, 3.63) is 78.0 Å². The summed E-state index contributed by atoms with van der Waals surface area (Å²) < 4.78 is 51.3. The van der Waals surface area contributed by atoms with Gasteiger partial charge in [0.2, 0.25) is 5.95 Å². The molecule has 4 aromatic rings. The van der Waals surface area contributed by atoms with Gasteiger partial charge in [0, 0.05) is 36.4 Å². The number of hydrogen-bond donors (Lipinski definition) is 2. The molecule has 160 valence electrons. The SMILES string of the molecule is N[C@H](CNc1ncc(-c2ccc3cnc(F)cc3c2)s1)Cc1ccc(C(F)(F)F)cc1. The molecule has 0 amide bonds. The summed E-state index contributed by atoms with van der Waals surface area (Å²) in [5, 5.41) is 5.45. The molecule has 9 heteroatoms. The van der Waals surface area contributed by atoms with Gasteiger partial charge in [-0.2, -0.15) is 17.6 Å². The van der Waals surface area contributed by atoms with E-state index in [2.05, 4.69) is 15.3 Å². The third kappa shape index (κ3) is 5.18. The van der Waals surface area contributed by atoms with Crippen LogP contribution in [0.4, 0.5) is 22.7 Å². The smallest absolute Gasteiger partial charge is 0.360 e. The fourth-order valence-electron chi connectivity index (χ4n) is 3.18. The minimum atomic E-state index is -4.35. The molecule has 0 radical (unpaired) electrons. The highest BCUT2D eigenvalue weighted by atomic mass is 32.1. The molecule has 0 bridgehead atoms. The number of hydrogen-bond acceptors (Lipinski definition) is 5. The molecule has 0 saturated carbocycles. The minimum absolute atomic E-state index is 0.291. The summed E-state index contributed by atoms with van der Waals surface area (Å²) in [6.45, 7) is 0.419. The molecule has 1 atom stereocenters. The van der Waals surface area contributed by atoms with E-state index in [1.807, 2.05) is 18.2 Å². The second-order valence-corrected chi connectivity index (χ2v) is 8.17. The third-order valence-corrected chi connectivity index (χ3v) is 5.78. The van der Waals surface area contributed by atoms with E-state index in [9.17, 15) is 17.6 Å². The van der Waals surface area contributed by atoms with Crippen molar-refractivity contribution in [2.24, 2.45) is 5.73 Å². The molecule has 3 N–H and O–H groups in total. The number of nitrogens with two attached hydrogens (primary N) is 1. The number of halogens is 4. The number of benzene rings is 2. The van der Waals surface area contributed by atoms with Crippen LogP contribution in [0.2, 0.25) is 0 Å². The standard InChI is InChI=1S/C22H18F4N4S/c23-20-9-16-8-14(3-4-15(16)10-28-20)19-12-30-21(31-19)29-11-18(27)7-13-1-5-17(6-2-13)22(24,25)26/h1-6,8-10,12,18H,7,11,27H2,(H,29,30)/t18-/m0/s1. The molecule has 0 saturated heterocycles. The Bertz CT molecular complexity index is 1190. The highest BCUT2D eigenvalue weighted by Gasteiger charge is 2.29. The molecule has 0 aliphatic rings. The summed E-state index contributed by atoms with van der Waals surface area (Å²) in [4.78, 5) is 8.91. The first kappa shape index (κ1) is 21.2. The van der Waals surface area contributed by atoms with Crippen molar-refractivity contribution in [2.45, 2.75) is 18.6 Å². The Labute approximate surface area is 179 Å². The van der Waals surface area contributed by atoms with Crippen LogP contribution in [0, 0.1) is 5.95 Å². The molecule has 0 spiro atoms. The van der Waals surface area contributed by atoms with Crippen molar-refractivity contribution >= 4 is 27.2 Å². The molecule has 0 aliphatic carbocycles. The summed E-state index contributed by atoms with van der Waals surface area (Å²) in [5.41, 5.74) is 7.10. The van der Waals surface area contributed by atoms with Crippen LogP contribution in [-0.4, -0.2) is 22.6 Å². The van der Waals surface area contributed by atoms with Gasteiger partial charge in [-0.15, -0.1) is 0 Å². The maximum absolute atomic E-state index is 13.4. The van der Waals surface area contributed by atoms with Crippen LogP contribution in [0.3, 0.4) is 0 Å². The van der Waals surface area contributed by atoms with E-state index in [-0.39, 0.29) is 6.04 Å². The number of pyridine rings is 1. The first-order valence-electron chi connectivity index (χ1n) is 9.45. The molecule has 2 aromatic heterocycles. The summed E-state index contributed by atoms with van der Waals surface area (Å²) in [7, 11) is 0. The molecule has 2 aromatic carbocycles. The van der Waals surface area contributed by atoms with E-state index >= 15 is 0 Å². The predicted octanol–water partition coefficient (Wildman–Crippen LogP) is 5.50. The van der Waals surface area contributed by atoms with Gasteiger partial charge in [0.1, 0.15) is 0 Å². The maximum atomic E-state index is 13.4. The van der Waals surface area contributed by atoms with Crippen LogP contribution in [0.15, 0.2) is 60.9 Å². The number of anilines is 1. The van der Waals surface area contributed by atoms with E-state index in [1.54, 1.807) is 6.20 Å². The fourth-order valence-corrected chi connectivity index (χ4v) is 4.00. The van der Waals surface area contributed by atoms with Gasteiger partial charge in [-0.1, -0.05) is 35.6 Å². The van der Waals surface area contributed by atoms with Gasteiger partial charge in [0.25, 0.3) is 0 Å². The Morgan fingerprint density at radius 1 is 0.968 bits per heavy atom. The lowest BCUT2D eigenvalue weighted by atomic mass is 10.0. The maximum Gasteiger partial charge on any atom is 0.416 e. The highest BCUT2D eigenvalue weighted by Crippen LogP contribution is 2.31. The zero-order chi connectivity index (χ0) is 22.0. The highest BCUT2D eigenvalue weighted by molar-refractivity contribution is 7.18. The van der Waals surface area contributed by atoms with Gasteiger partial charge in [-0.25, -0.2) is 9.97 Å². The summed E-state index contributed by atoms with van der Waals surface area (Å²) >= 11 is 1.44. The van der Waals surface area contributed by atoms with Crippen LogP contribution in [0.1, 0.15) is 11.1 Å². The van der Waals surface area contributed by atoms with Crippen molar-refractivity contribution in [3.8, 4) is 10.4 Å². The van der Waals surface area contributed by atoms with Crippen LogP contribution >= 0.6 is 11.3 Å². The topological polar surface area (TPSA) is 63.8 Å². The second kappa shape index (κ2) is 8.60. The van der Waals surface area contributed by atoms with Crippen LogP contribution < -0.4 is 11.1 Å². The average Bonchev–Trinajstić information content (AvgIpc) is 3.20. The number of fused-ring (bicyclic) bond motifs is 1. The van der Waals surface area contributed by atoms with Gasteiger partial charge < -0.3 is 11.1 Å². The van der Waals surface area contributed by atoms with Crippen molar-refractivity contribution in [2.75, 3.05) is 11.9 Å². The first-order valence-corrected chi connectivity index (χ1v) is 10.3. The summed E-state index contributed by atoms with van der Waals surface area (Å²) in [6, 6.07) is 11.8. The van der Waals surface area contributed by atoms with Gasteiger partial charge in [0.15, 0.2) is 5.13 Å². The Kier molecular flexibility index (Phi) is 5.88. The molecular formula is C22H18F4N4S. The third-order valence-electron chi connectivity index (χ3n) is 4.77. The number of aromatic nitrogens is 2. The summed E-state index contributed by atoms with van der Waals surface area (Å²) in [5.74, 6) is -0.529. The molecule has 0 fully saturated rings. The number of nitrogens with zero attached hydrogens (tertiary/aromatic N) is 2. The molecule has 0 aliphatic heterocycles. The molecule has 31 heavy (non-hydrogen) atoms. The van der Waals surface area contributed by atoms with E-state index in [4.69, 9.17) is 5.73 Å². The lowest BCUT2D eigenvalue weighted by Crippen LogP contribution is -2.31. The average molecular weight is 446 g/mol. The van der Waals surface area contributed by atoms with Gasteiger partial charge in [-0.05, 0) is 41.1 Å². The zero-order valence-corrected chi connectivity index (χ0v) is 17.0. The molecule has 4 rings (SSSR count). The lowest BCUT2D eigenvalue weighted by Gasteiger charge is -2.13. The Morgan fingerprint density at radius 3 is 2.48 bits per heavy atom. The van der Waals surface area contributed by atoms with Crippen molar-refractivity contribution in [1.29, 1.82) is 0 Å². The number of thiazole rings is 1. The second-order valence-electron chi connectivity index (χ2n) is 7.14. The van der Waals surface area contributed by atoms with Crippen LogP contribution in [0.25, 0.3) is 21.2 Å². The Morgan fingerprint density at radius 2 is 1.74 bits per heavy atom. The van der Waals surface area contributed by atoms with Crippen molar-refractivity contribution in [1.82, 2.24) is 9.97 Å². The lowest BCUT2D eigenvalue weighted by molar-refractivity contribution is -0.137. The fraction of sp³-hybridized carbons (Fsp3) is 0.182. The van der Waals surface area contributed by atoms with Gasteiger partial charge >= 0.3 is 6.18 Å². The molecular weight excluding hydrogens is 428 g/mol. The Hall–Kier alpha value is -3.04. The number of alkyl halides is 3. The monoisotopic (exact) mass is 446 g/mol. The van der Waals surface area contributed by atoms with Gasteiger partial charge in [0.05, 0.1) is 10.4 Å². The quantitative estimate of drug-likeness (QED) is 0.303. The number of rotatable bonds is 6. The van der Waals surface area contributed by atoms with Crippen molar-refractivity contribution < 1.29 is 17.6 Å². The first-order chi connectivity index (χ1) is 14.8. The predicted molar refractivity (Wildman–Crippen MR) is 114 cm³/mol. The summed E-state index contributed by atoms with van der Waals surface area (Å²) in [6.07, 6.45) is -0.687. The van der Waals surface area contributed by atoms with Gasteiger partial charge in [-0.3, -0.25) is 0 Å². The molecule has 4 nitrogen and oxygen atoms in total. The van der Waals surface area contributed by atoms with E-state index in [1.165, 1.54) is 35.7 Å². The van der Waals surface area contributed by atoms with E-state index < -0.39 is 17.7 Å². The number of nitrogens with one attached hydrogen (secondary N) is 1. The largest absolute Gasteiger partial charge is 0.416 e. The molecule has 0 unspecified atom stereocenters. The van der Waals surface area contributed by atoms with Crippen LogP contribution in [0.5, 0.6) is 0 Å². The zero-order valence-electron chi connectivity index (χ0n) is 16.2. The Balaban J connectivity index is 1.37. The minimum Gasteiger partial charge on any atom is -0.360 e. The van der Waals surface area contributed by atoms with Crippen molar-refractivity contribution in [3.63, 3.8) is 0 Å². The normalized spacial score (nSPS) is 12.8. The van der Waals surface area contributed by atoms with E-state index in [0.29, 0.717) is 18.1 Å².